The fraction of sp³-hybridized carbons (Fsp3) is 0.176. The summed E-state index contributed by atoms with van der Waals surface area (Å²) in [5, 5.41) is 5.54. The number of nitrogens with zero attached hydrogens (tertiary/aromatic N) is 2. The maximum atomic E-state index is 12.5. The first kappa shape index (κ1) is 18.8. The van der Waals surface area contributed by atoms with Crippen LogP contribution in [0.2, 0.25) is 5.02 Å². The van der Waals surface area contributed by atoms with E-state index >= 15 is 0 Å². The zero-order valence-electron chi connectivity index (χ0n) is 13.8. The molecule has 3 rings (SSSR count). The molecule has 9 heteroatoms. The smallest absolute Gasteiger partial charge is 0.281 e. The van der Waals surface area contributed by atoms with Gasteiger partial charge in [-0.25, -0.2) is 13.6 Å². The van der Waals surface area contributed by atoms with Crippen LogP contribution in [0, 0.1) is 0 Å². The van der Waals surface area contributed by atoms with Crippen molar-refractivity contribution in [3.05, 3.63) is 57.9 Å². The number of carbonyl (C=O) groups is 1. The monoisotopic (exact) mass is 409 g/mol. The molecule has 0 radical (unpaired) electrons. The molecule has 6 nitrogen and oxygen atoms in total. The predicted octanol–water partition coefficient (Wildman–Crippen LogP) is 3.15. The Morgan fingerprint density at radius 2 is 2.00 bits per heavy atom. The normalized spacial score (nSPS) is 12.7. The van der Waals surface area contributed by atoms with Crippen LogP contribution in [0.25, 0.3) is 10.2 Å². The molecule has 0 aliphatic heterocycles. The summed E-state index contributed by atoms with van der Waals surface area (Å²) in [7, 11) is -3.80. The van der Waals surface area contributed by atoms with E-state index in [1.54, 1.807) is 30.3 Å². The van der Waals surface area contributed by atoms with Crippen molar-refractivity contribution in [3.63, 3.8) is 0 Å². The molecule has 136 valence electrons. The Morgan fingerprint density at radius 3 is 2.65 bits per heavy atom. The SMILES string of the molecule is CCCn1c(=NC(=O)c2ccccc2Cl)sc2cc(S(N)(=O)=O)ccc21. The van der Waals surface area contributed by atoms with Crippen LogP contribution >= 0.6 is 22.9 Å². The van der Waals surface area contributed by atoms with Crippen molar-refractivity contribution < 1.29 is 13.2 Å². The second kappa shape index (κ2) is 7.32. The van der Waals surface area contributed by atoms with Gasteiger partial charge in [-0.2, -0.15) is 4.99 Å². The molecular formula is C17H16ClN3O3S2. The van der Waals surface area contributed by atoms with Crippen molar-refractivity contribution in [1.29, 1.82) is 0 Å². The van der Waals surface area contributed by atoms with Gasteiger partial charge in [0.05, 0.1) is 25.7 Å². The first-order valence-electron chi connectivity index (χ1n) is 7.81. The van der Waals surface area contributed by atoms with E-state index in [4.69, 9.17) is 16.7 Å². The summed E-state index contributed by atoms with van der Waals surface area (Å²) < 4.78 is 25.7. The second-order valence-electron chi connectivity index (χ2n) is 5.61. The molecule has 1 aromatic heterocycles. The highest BCUT2D eigenvalue weighted by atomic mass is 35.5. The number of carbonyl (C=O) groups excluding carboxylic acids is 1. The number of nitrogens with two attached hydrogens (primary N) is 1. The first-order chi connectivity index (χ1) is 12.3. The van der Waals surface area contributed by atoms with Gasteiger partial charge < -0.3 is 4.57 Å². The third-order valence-electron chi connectivity index (χ3n) is 3.73. The van der Waals surface area contributed by atoms with E-state index in [1.165, 1.54) is 23.5 Å². The lowest BCUT2D eigenvalue weighted by Gasteiger charge is -2.03. The van der Waals surface area contributed by atoms with Gasteiger partial charge >= 0.3 is 0 Å². The molecule has 0 spiro atoms. The summed E-state index contributed by atoms with van der Waals surface area (Å²) in [6.45, 7) is 2.65. The van der Waals surface area contributed by atoms with Gasteiger partial charge in [-0.1, -0.05) is 42.0 Å². The Labute approximate surface area is 159 Å². The lowest BCUT2D eigenvalue weighted by Crippen LogP contribution is -2.17. The fourth-order valence-corrected chi connectivity index (χ4v) is 4.46. The maximum Gasteiger partial charge on any atom is 0.281 e. The van der Waals surface area contributed by atoms with Crippen LogP contribution in [0.5, 0.6) is 0 Å². The summed E-state index contributed by atoms with van der Waals surface area (Å²) in [5.41, 5.74) is 1.12. The minimum absolute atomic E-state index is 0.0267. The Morgan fingerprint density at radius 1 is 1.27 bits per heavy atom. The summed E-state index contributed by atoms with van der Waals surface area (Å²) in [4.78, 5) is 17.2. The van der Waals surface area contributed by atoms with Crippen molar-refractivity contribution in [2.45, 2.75) is 24.8 Å². The fourth-order valence-electron chi connectivity index (χ4n) is 2.54. The molecule has 0 aliphatic carbocycles. The summed E-state index contributed by atoms with van der Waals surface area (Å²) >= 11 is 7.31. The first-order valence-corrected chi connectivity index (χ1v) is 10.5. The van der Waals surface area contributed by atoms with E-state index < -0.39 is 15.9 Å². The highest BCUT2D eigenvalue weighted by Crippen LogP contribution is 2.22. The average Bonchev–Trinajstić information content (AvgIpc) is 2.91. The number of sulfonamides is 1. The highest BCUT2D eigenvalue weighted by Gasteiger charge is 2.14. The van der Waals surface area contributed by atoms with Gasteiger partial charge in [0.2, 0.25) is 10.0 Å². The largest absolute Gasteiger partial charge is 0.316 e. The number of primary sulfonamides is 1. The highest BCUT2D eigenvalue weighted by molar-refractivity contribution is 7.89. The van der Waals surface area contributed by atoms with E-state index in [1.807, 2.05) is 11.5 Å². The van der Waals surface area contributed by atoms with Crippen molar-refractivity contribution in [2.24, 2.45) is 10.1 Å². The molecule has 0 aliphatic rings. The van der Waals surface area contributed by atoms with Crippen molar-refractivity contribution in [1.82, 2.24) is 4.57 Å². The van der Waals surface area contributed by atoms with Crippen molar-refractivity contribution in [3.8, 4) is 0 Å². The average molecular weight is 410 g/mol. The Hall–Kier alpha value is -2.00. The number of rotatable bonds is 4. The summed E-state index contributed by atoms with van der Waals surface area (Å²) in [5.74, 6) is -0.446. The quantitative estimate of drug-likeness (QED) is 0.716. The van der Waals surface area contributed by atoms with Gasteiger partial charge in [-0.05, 0) is 36.8 Å². The molecule has 1 amide bonds. The molecule has 1 heterocycles. The van der Waals surface area contributed by atoms with Crippen LogP contribution in [0.1, 0.15) is 23.7 Å². The molecule has 2 aromatic carbocycles. The van der Waals surface area contributed by atoms with Crippen LogP contribution in [0.4, 0.5) is 0 Å². The van der Waals surface area contributed by atoms with Gasteiger partial charge in [0.25, 0.3) is 5.91 Å². The molecule has 0 bridgehead atoms. The number of fused-ring (bicyclic) bond motifs is 1. The Kier molecular flexibility index (Phi) is 5.29. The summed E-state index contributed by atoms with van der Waals surface area (Å²) in [6, 6.07) is 11.3. The lowest BCUT2D eigenvalue weighted by atomic mass is 10.2. The van der Waals surface area contributed by atoms with Crippen molar-refractivity contribution in [2.75, 3.05) is 0 Å². The number of hydrogen-bond donors (Lipinski definition) is 1. The van der Waals surface area contributed by atoms with E-state index in [0.717, 1.165) is 11.9 Å². The second-order valence-corrected chi connectivity index (χ2v) is 8.59. The molecular weight excluding hydrogens is 394 g/mol. The van der Waals surface area contributed by atoms with Crippen LogP contribution in [0.15, 0.2) is 52.4 Å². The third-order valence-corrected chi connectivity index (χ3v) is 6.01. The van der Waals surface area contributed by atoms with Crippen molar-refractivity contribution >= 4 is 49.1 Å². The van der Waals surface area contributed by atoms with Crippen LogP contribution in [-0.4, -0.2) is 18.9 Å². The molecule has 0 unspecified atom stereocenters. The number of aromatic nitrogens is 1. The van der Waals surface area contributed by atoms with Gasteiger partial charge in [-0.3, -0.25) is 4.79 Å². The number of thiazole rings is 1. The molecule has 3 aromatic rings. The van der Waals surface area contributed by atoms with Crippen LogP contribution < -0.4 is 9.94 Å². The zero-order chi connectivity index (χ0) is 18.9. The standard InChI is InChI=1S/C17H16ClN3O3S2/c1-2-9-21-14-8-7-11(26(19,23)24)10-15(14)25-17(21)20-16(22)12-5-3-4-6-13(12)18/h3-8,10H,2,9H2,1H3,(H2,19,23,24). The minimum atomic E-state index is -3.80. The maximum absolute atomic E-state index is 12.5. The molecule has 0 atom stereocenters. The van der Waals surface area contributed by atoms with Crippen LogP contribution in [-0.2, 0) is 16.6 Å². The molecule has 0 fully saturated rings. The summed E-state index contributed by atoms with van der Waals surface area (Å²) in [6.07, 6.45) is 0.830. The number of aryl methyl sites for hydroxylation is 1. The minimum Gasteiger partial charge on any atom is -0.316 e. The van der Waals surface area contributed by atoms with E-state index in [-0.39, 0.29) is 4.90 Å². The number of benzene rings is 2. The molecule has 0 saturated heterocycles. The number of amides is 1. The molecule has 0 saturated carbocycles. The molecule has 2 N–H and O–H groups in total. The van der Waals surface area contributed by atoms with Gasteiger partial charge in [0, 0.05) is 6.54 Å². The van der Waals surface area contributed by atoms with Gasteiger partial charge in [-0.15, -0.1) is 0 Å². The topological polar surface area (TPSA) is 94.5 Å². The molecule has 26 heavy (non-hydrogen) atoms. The van der Waals surface area contributed by atoms with E-state index in [9.17, 15) is 13.2 Å². The lowest BCUT2D eigenvalue weighted by molar-refractivity contribution is 0.0998. The zero-order valence-corrected chi connectivity index (χ0v) is 16.2. The van der Waals surface area contributed by atoms with Gasteiger partial charge in [0.15, 0.2) is 4.80 Å². The third kappa shape index (κ3) is 3.73. The Bertz CT molecular complexity index is 1160. The van der Waals surface area contributed by atoms with Crippen LogP contribution in [0.3, 0.4) is 0 Å². The van der Waals surface area contributed by atoms with E-state index in [2.05, 4.69) is 4.99 Å². The Balaban J connectivity index is 2.20. The number of halogens is 1. The predicted molar refractivity (Wildman–Crippen MR) is 103 cm³/mol. The number of hydrogen-bond acceptors (Lipinski definition) is 4. The van der Waals surface area contributed by atoms with Gasteiger partial charge in [0.1, 0.15) is 0 Å². The van der Waals surface area contributed by atoms with E-state index in [0.29, 0.717) is 26.6 Å².